The molecule has 1 aromatic rings. The van der Waals surface area contributed by atoms with E-state index in [0.29, 0.717) is 31.6 Å². The summed E-state index contributed by atoms with van der Waals surface area (Å²) in [7, 11) is 0. The van der Waals surface area contributed by atoms with Crippen molar-refractivity contribution in [1.82, 2.24) is 9.80 Å². The molecule has 2 aliphatic heterocycles. The molecule has 2 fully saturated rings. The van der Waals surface area contributed by atoms with Gasteiger partial charge in [-0.15, -0.1) is 11.8 Å². The number of rotatable bonds is 2. The van der Waals surface area contributed by atoms with Gasteiger partial charge in [-0.1, -0.05) is 13.0 Å². The molecule has 0 N–H and O–H groups in total. The Hall–Kier alpha value is -1.56. The average Bonchev–Trinajstić information content (AvgIpc) is 2.97. The summed E-state index contributed by atoms with van der Waals surface area (Å²) in [5.41, 5.74) is 0.402. The van der Waals surface area contributed by atoms with Crippen LogP contribution in [-0.2, 0) is 4.79 Å². The van der Waals surface area contributed by atoms with Crippen LogP contribution in [0.1, 0.15) is 36.5 Å². The van der Waals surface area contributed by atoms with Gasteiger partial charge in [-0.3, -0.25) is 9.59 Å². The fourth-order valence-corrected chi connectivity index (χ4v) is 4.87. The molecule has 2 saturated heterocycles. The molecule has 0 aliphatic carbocycles. The van der Waals surface area contributed by atoms with Crippen LogP contribution in [0.5, 0.6) is 0 Å². The number of amides is 2. The number of piperidine rings is 1. The summed E-state index contributed by atoms with van der Waals surface area (Å²) in [6, 6.07) is 5.88. The van der Waals surface area contributed by atoms with E-state index in [4.69, 9.17) is 0 Å². The van der Waals surface area contributed by atoms with Crippen molar-refractivity contribution in [2.24, 2.45) is 0 Å². The first-order valence-corrected chi connectivity index (χ1v) is 9.03. The largest absolute Gasteiger partial charge is 0.342 e. The summed E-state index contributed by atoms with van der Waals surface area (Å²) in [4.78, 5) is 28.2. The van der Waals surface area contributed by atoms with Gasteiger partial charge in [0.25, 0.3) is 5.91 Å². The molecule has 0 atom stereocenters. The summed E-state index contributed by atoms with van der Waals surface area (Å²) >= 11 is 1.80. The molecular formula is C17H21FN2O2S. The summed E-state index contributed by atoms with van der Waals surface area (Å²) in [5.74, 6) is 0.568. The molecule has 2 aliphatic rings. The Labute approximate surface area is 140 Å². The number of likely N-dealkylation sites (tertiary alicyclic amines) is 1. The number of hydrogen-bond donors (Lipinski definition) is 0. The third-order valence-corrected chi connectivity index (χ3v) is 6.25. The second-order valence-corrected chi connectivity index (χ2v) is 7.45. The zero-order valence-electron chi connectivity index (χ0n) is 13.3. The van der Waals surface area contributed by atoms with E-state index in [9.17, 15) is 14.0 Å². The minimum atomic E-state index is -0.389. The highest BCUT2D eigenvalue weighted by Crippen LogP contribution is 2.44. The Morgan fingerprint density at radius 1 is 1.26 bits per heavy atom. The van der Waals surface area contributed by atoms with Gasteiger partial charge in [0.15, 0.2) is 0 Å². The number of thioether (sulfide) groups is 1. The predicted octanol–water partition coefficient (Wildman–Crippen LogP) is 2.74. The highest BCUT2D eigenvalue weighted by Gasteiger charge is 2.46. The molecule has 2 amide bonds. The third kappa shape index (κ3) is 3.09. The van der Waals surface area contributed by atoms with Crippen molar-refractivity contribution >= 4 is 23.6 Å². The van der Waals surface area contributed by atoms with Gasteiger partial charge in [-0.2, -0.15) is 0 Å². The van der Waals surface area contributed by atoms with Crippen LogP contribution >= 0.6 is 11.8 Å². The van der Waals surface area contributed by atoms with E-state index < -0.39 is 0 Å². The van der Waals surface area contributed by atoms with Crippen LogP contribution in [0.3, 0.4) is 0 Å². The van der Waals surface area contributed by atoms with Crippen molar-refractivity contribution in [3.05, 3.63) is 35.6 Å². The van der Waals surface area contributed by atoms with Crippen LogP contribution in [0.4, 0.5) is 4.39 Å². The Bertz CT molecular complexity index is 614. The molecule has 1 spiro atoms. The van der Waals surface area contributed by atoms with Crippen LogP contribution in [-0.4, -0.2) is 51.9 Å². The Morgan fingerprint density at radius 3 is 2.65 bits per heavy atom. The van der Waals surface area contributed by atoms with Crippen LogP contribution in [0, 0.1) is 5.82 Å². The normalized spacial score (nSPS) is 20.1. The molecule has 23 heavy (non-hydrogen) atoms. The maximum absolute atomic E-state index is 13.4. The smallest absolute Gasteiger partial charge is 0.255 e. The summed E-state index contributed by atoms with van der Waals surface area (Å²) in [6.45, 7) is 3.93. The zero-order chi connectivity index (χ0) is 16.4. The van der Waals surface area contributed by atoms with Crippen molar-refractivity contribution in [2.75, 3.05) is 25.4 Å². The average molecular weight is 336 g/mol. The van der Waals surface area contributed by atoms with Crippen molar-refractivity contribution in [1.29, 1.82) is 0 Å². The number of nitrogens with zero attached hydrogens (tertiary/aromatic N) is 2. The number of carbonyl (C=O) groups excluding carboxylic acids is 2. The molecule has 124 valence electrons. The summed E-state index contributed by atoms with van der Waals surface area (Å²) in [5, 5.41) is 0. The summed E-state index contributed by atoms with van der Waals surface area (Å²) in [6.07, 6.45) is 2.08. The maximum atomic E-state index is 13.4. The van der Waals surface area contributed by atoms with Crippen molar-refractivity contribution in [3.8, 4) is 0 Å². The van der Waals surface area contributed by atoms with Crippen molar-refractivity contribution < 1.29 is 14.0 Å². The first-order valence-electron chi connectivity index (χ1n) is 8.05. The fraction of sp³-hybridized carbons (Fsp3) is 0.529. The summed E-state index contributed by atoms with van der Waals surface area (Å²) < 4.78 is 13.4. The van der Waals surface area contributed by atoms with Gasteiger partial charge in [0.2, 0.25) is 5.91 Å². The van der Waals surface area contributed by atoms with Gasteiger partial charge in [0.05, 0.1) is 4.87 Å². The first-order chi connectivity index (χ1) is 11.1. The Balaban J connectivity index is 1.76. The monoisotopic (exact) mass is 336 g/mol. The van der Waals surface area contributed by atoms with E-state index in [-0.39, 0.29) is 22.5 Å². The Kier molecular flexibility index (Phi) is 4.62. The van der Waals surface area contributed by atoms with Gasteiger partial charge in [-0.25, -0.2) is 4.39 Å². The zero-order valence-corrected chi connectivity index (χ0v) is 14.1. The van der Waals surface area contributed by atoms with E-state index in [0.717, 1.165) is 18.6 Å². The van der Waals surface area contributed by atoms with Crippen LogP contribution < -0.4 is 0 Å². The third-order valence-electron chi connectivity index (χ3n) is 4.69. The molecule has 4 nitrogen and oxygen atoms in total. The molecular weight excluding hydrogens is 315 g/mol. The van der Waals surface area contributed by atoms with Crippen molar-refractivity contribution in [2.45, 2.75) is 31.1 Å². The molecule has 1 aromatic carbocycles. The first kappa shape index (κ1) is 16.3. The lowest BCUT2D eigenvalue weighted by molar-refractivity contribution is -0.132. The molecule has 6 heteroatoms. The minimum absolute atomic E-state index is 0.107. The standard InChI is InChI=1S/C17H21FN2O2S/c1-2-15(21)19-8-6-17(7-9-19)20(10-11-23-17)16(22)13-4-3-5-14(18)12-13/h3-5,12H,2,6-11H2,1H3. The van der Waals surface area contributed by atoms with Gasteiger partial charge in [-0.05, 0) is 31.0 Å². The number of halogens is 1. The van der Waals surface area contributed by atoms with Gasteiger partial charge in [0.1, 0.15) is 5.82 Å². The van der Waals surface area contributed by atoms with Crippen LogP contribution in [0.15, 0.2) is 24.3 Å². The maximum Gasteiger partial charge on any atom is 0.255 e. The highest BCUT2D eigenvalue weighted by atomic mass is 32.2. The molecule has 3 rings (SSSR count). The quantitative estimate of drug-likeness (QED) is 0.834. The number of hydrogen-bond acceptors (Lipinski definition) is 3. The molecule has 0 saturated carbocycles. The highest BCUT2D eigenvalue weighted by molar-refractivity contribution is 8.00. The lowest BCUT2D eigenvalue weighted by atomic mass is 10.0. The topological polar surface area (TPSA) is 40.6 Å². The van der Waals surface area contributed by atoms with E-state index in [1.54, 1.807) is 23.9 Å². The molecule has 2 heterocycles. The lowest BCUT2D eigenvalue weighted by Gasteiger charge is -2.44. The second kappa shape index (κ2) is 6.51. The van der Waals surface area contributed by atoms with Crippen LogP contribution in [0.2, 0.25) is 0 Å². The van der Waals surface area contributed by atoms with E-state index in [2.05, 4.69) is 0 Å². The Morgan fingerprint density at radius 2 is 2.00 bits per heavy atom. The van der Waals surface area contributed by atoms with Crippen molar-refractivity contribution in [3.63, 3.8) is 0 Å². The van der Waals surface area contributed by atoms with Gasteiger partial charge in [0, 0.05) is 37.4 Å². The molecule has 0 radical (unpaired) electrons. The number of carbonyl (C=O) groups is 2. The molecule has 0 aromatic heterocycles. The van der Waals surface area contributed by atoms with Gasteiger partial charge >= 0.3 is 0 Å². The SMILES string of the molecule is CCC(=O)N1CCC2(CC1)SCCN2C(=O)c1cccc(F)c1. The number of benzene rings is 1. The van der Waals surface area contributed by atoms with E-state index in [1.807, 2.05) is 16.7 Å². The van der Waals surface area contributed by atoms with Gasteiger partial charge < -0.3 is 9.80 Å². The van der Waals surface area contributed by atoms with E-state index in [1.165, 1.54) is 12.1 Å². The second-order valence-electron chi connectivity index (χ2n) is 6.00. The minimum Gasteiger partial charge on any atom is -0.342 e. The molecule has 0 unspecified atom stereocenters. The van der Waals surface area contributed by atoms with E-state index >= 15 is 0 Å². The van der Waals surface area contributed by atoms with Crippen LogP contribution in [0.25, 0.3) is 0 Å². The predicted molar refractivity (Wildman–Crippen MR) is 88.7 cm³/mol. The lowest BCUT2D eigenvalue weighted by Crippen LogP contribution is -2.53. The molecule has 0 bridgehead atoms. The fourth-order valence-electron chi connectivity index (χ4n) is 3.42.